The molecule has 3 rings (SSSR count). The van der Waals surface area contributed by atoms with Crippen molar-refractivity contribution in [2.24, 2.45) is 11.8 Å². The van der Waals surface area contributed by atoms with Crippen LogP contribution in [0, 0.1) is 11.8 Å². The van der Waals surface area contributed by atoms with Gasteiger partial charge in [-0.25, -0.2) is 9.97 Å². The minimum atomic E-state index is 0.704. The third-order valence-corrected chi connectivity index (χ3v) is 3.81. The van der Waals surface area contributed by atoms with E-state index in [1.54, 1.807) is 6.33 Å². The number of nitrogen functional groups attached to an aromatic ring is 1. The number of rotatable bonds is 1. The first-order valence-electron chi connectivity index (χ1n) is 6.88. The SMILES string of the molecule is CC1CC(C)CN(c2ncnc3ccc(N)cc23)C1. The summed E-state index contributed by atoms with van der Waals surface area (Å²) < 4.78 is 0. The number of nitrogens with two attached hydrogens (primary N) is 1. The summed E-state index contributed by atoms with van der Waals surface area (Å²) in [4.78, 5) is 11.2. The molecule has 1 aromatic heterocycles. The van der Waals surface area contributed by atoms with Crippen LogP contribution >= 0.6 is 0 Å². The van der Waals surface area contributed by atoms with Gasteiger partial charge in [-0.1, -0.05) is 13.8 Å². The summed E-state index contributed by atoms with van der Waals surface area (Å²) in [6.07, 6.45) is 2.94. The zero-order valence-electron chi connectivity index (χ0n) is 11.5. The smallest absolute Gasteiger partial charge is 0.139 e. The van der Waals surface area contributed by atoms with Gasteiger partial charge in [-0.05, 0) is 36.5 Å². The molecule has 1 fully saturated rings. The Morgan fingerprint density at radius 1 is 1.16 bits per heavy atom. The van der Waals surface area contributed by atoms with Crippen LogP contribution in [0.1, 0.15) is 20.3 Å². The summed E-state index contributed by atoms with van der Waals surface area (Å²) in [6.45, 7) is 6.73. The number of aromatic nitrogens is 2. The molecule has 1 aliphatic heterocycles. The number of anilines is 2. The summed E-state index contributed by atoms with van der Waals surface area (Å²) in [5.41, 5.74) is 7.63. The third kappa shape index (κ3) is 2.35. The lowest BCUT2D eigenvalue weighted by Crippen LogP contribution is -2.39. The topological polar surface area (TPSA) is 55.0 Å². The van der Waals surface area contributed by atoms with Crippen LogP contribution < -0.4 is 10.6 Å². The molecule has 2 heterocycles. The Morgan fingerprint density at radius 2 is 1.89 bits per heavy atom. The maximum atomic E-state index is 5.90. The van der Waals surface area contributed by atoms with Gasteiger partial charge in [0.25, 0.3) is 0 Å². The van der Waals surface area contributed by atoms with Crippen LogP contribution in [0.25, 0.3) is 10.9 Å². The standard InChI is InChI=1S/C15H20N4/c1-10-5-11(2)8-19(7-10)15-13-6-12(16)3-4-14(13)17-9-18-15/h3-4,6,9-11H,5,7-8,16H2,1-2H3. The van der Waals surface area contributed by atoms with E-state index in [9.17, 15) is 0 Å². The molecule has 2 unspecified atom stereocenters. The molecule has 1 aromatic carbocycles. The molecule has 1 saturated heterocycles. The molecule has 19 heavy (non-hydrogen) atoms. The van der Waals surface area contributed by atoms with Gasteiger partial charge in [0.1, 0.15) is 12.1 Å². The summed E-state index contributed by atoms with van der Waals surface area (Å²) in [6, 6.07) is 5.84. The Bertz CT molecular complexity index is 586. The highest BCUT2D eigenvalue weighted by Crippen LogP contribution is 2.30. The number of piperidine rings is 1. The predicted octanol–water partition coefficient (Wildman–Crippen LogP) is 2.69. The van der Waals surface area contributed by atoms with E-state index < -0.39 is 0 Å². The minimum absolute atomic E-state index is 0.704. The zero-order valence-corrected chi connectivity index (χ0v) is 11.5. The molecule has 4 heteroatoms. The molecule has 0 aliphatic carbocycles. The lowest BCUT2D eigenvalue weighted by Gasteiger charge is -2.36. The van der Waals surface area contributed by atoms with Crippen LogP contribution in [0.2, 0.25) is 0 Å². The highest BCUT2D eigenvalue weighted by atomic mass is 15.2. The normalized spacial score (nSPS) is 23.8. The van der Waals surface area contributed by atoms with E-state index in [1.807, 2.05) is 18.2 Å². The number of nitrogens with zero attached hydrogens (tertiary/aromatic N) is 3. The first-order chi connectivity index (χ1) is 9.13. The van der Waals surface area contributed by atoms with Gasteiger partial charge >= 0.3 is 0 Å². The van der Waals surface area contributed by atoms with Gasteiger partial charge in [0.2, 0.25) is 0 Å². The van der Waals surface area contributed by atoms with Crippen LogP contribution in [0.3, 0.4) is 0 Å². The molecule has 4 nitrogen and oxygen atoms in total. The number of hydrogen-bond acceptors (Lipinski definition) is 4. The lowest BCUT2D eigenvalue weighted by molar-refractivity contribution is 0.356. The van der Waals surface area contributed by atoms with E-state index in [1.165, 1.54) is 6.42 Å². The molecule has 0 amide bonds. The summed E-state index contributed by atoms with van der Waals surface area (Å²) in [5.74, 6) is 2.43. The zero-order chi connectivity index (χ0) is 13.4. The fourth-order valence-electron chi connectivity index (χ4n) is 3.15. The molecule has 0 saturated carbocycles. The second-order valence-corrected chi connectivity index (χ2v) is 5.82. The van der Waals surface area contributed by atoms with Crippen molar-refractivity contribution in [2.45, 2.75) is 20.3 Å². The molecule has 0 spiro atoms. The highest BCUT2D eigenvalue weighted by molar-refractivity contribution is 5.91. The van der Waals surface area contributed by atoms with Gasteiger partial charge in [-0.15, -0.1) is 0 Å². The second kappa shape index (κ2) is 4.68. The molecular formula is C15H20N4. The monoisotopic (exact) mass is 256 g/mol. The van der Waals surface area contributed by atoms with Crippen molar-refractivity contribution in [3.05, 3.63) is 24.5 Å². The average molecular weight is 256 g/mol. The highest BCUT2D eigenvalue weighted by Gasteiger charge is 2.24. The van der Waals surface area contributed by atoms with Crippen molar-refractivity contribution in [3.8, 4) is 0 Å². The van der Waals surface area contributed by atoms with Crippen LogP contribution in [-0.4, -0.2) is 23.1 Å². The maximum absolute atomic E-state index is 5.90. The third-order valence-electron chi connectivity index (χ3n) is 3.81. The molecule has 0 bridgehead atoms. The van der Waals surface area contributed by atoms with Gasteiger partial charge in [0.05, 0.1) is 5.52 Å². The van der Waals surface area contributed by atoms with Gasteiger partial charge in [-0.2, -0.15) is 0 Å². The van der Waals surface area contributed by atoms with Gasteiger partial charge in [0, 0.05) is 24.2 Å². The molecule has 0 radical (unpaired) electrons. The van der Waals surface area contributed by atoms with E-state index in [2.05, 4.69) is 28.7 Å². The van der Waals surface area contributed by atoms with Crippen molar-refractivity contribution < 1.29 is 0 Å². The lowest BCUT2D eigenvalue weighted by atomic mass is 9.92. The van der Waals surface area contributed by atoms with Crippen molar-refractivity contribution in [1.29, 1.82) is 0 Å². The Kier molecular flexibility index (Phi) is 3.01. The Balaban J connectivity index is 2.06. The quantitative estimate of drug-likeness (QED) is 0.797. The van der Waals surface area contributed by atoms with Crippen molar-refractivity contribution in [1.82, 2.24) is 9.97 Å². The van der Waals surface area contributed by atoms with Crippen LogP contribution in [0.5, 0.6) is 0 Å². The predicted molar refractivity (Wildman–Crippen MR) is 79.1 cm³/mol. The molecule has 2 aromatic rings. The van der Waals surface area contributed by atoms with E-state index in [-0.39, 0.29) is 0 Å². The van der Waals surface area contributed by atoms with Crippen LogP contribution in [0.4, 0.5) is 11.5 Å². The maximum Gasteiger partial charge on any atom is 0.139 e. The number of hydrogen-bond donors (Lipinski definition) is 1. The number of fused-ring (bicyclic) bond motifs is 1. The van der Waals surface area contributed by atoms with Crippen LogP contribution in [-0.2, 0) is 0 Å². The van der Waals surface area contributed by atoms with Gasteiger partial charge in [0.15, 0.2) is 0 Å². The van der Waals surface area contributed by atoms with Gasteiger partial charge < -0.3 is 10.6 Å². The summed E-state index contributed by atoms with van der Waals surface area (Å²) in [5, 5.41) is 1.06. The summed E-state index contributed by atoms with van der Waals surface area (Å²) >= 11 is 0. The average Bonchev–Trinajstić information content (AvgIpc) is 2.36. The summed E-state index contributed by atoms with van der Waals surface area (Å²) in [7, 11) is 0. The minimum Gasteiger partial charge on any atom is -0.399 e. The molecule has 100 valence electrons. The van der Waals surface area contributed by atoms with E-state index >= 15 is 0 Å². The molecular weight excluding hydrogens is 236 g/mol. The molecule has 1 aliphatic rings. The van der Waals surface area contributed by atoms with Crippen LogP contribution in [0.15, 0.2) is 24.5 Å². The Hall–Kier alpha value is -1.84. The van der Waals surface area contributed by atoms with E-state index in [4.69, 9.17) is 5.73 Å². The van der Waals surface area contributed by atoms with E-state index in [0.29, 0.717) is 11.8 Å². The number of benzene rings is 1. The van der Waals surface area contributed by atoms with E-state index in [0.717, 1.165) is 35.5 Å². The Morgan fingerprint density at radius 3 is 2.63 bits per heavy atom. The molecule has 2 N–H and O–H groups in total. The second-order valence-electron chi connectivity index (χ2n) is 5.82. The van der Waals surface area contributed by atoms with Crippen molar-refractivity contribution in [3.63, 3.8) is 0 Å². The first kappa shape index (κ1) is 12.2. The Labute approximate surface area is 113 Å². The fraction of sp³-hybridized carbons (Fsp3) is 0.467. The van der Waals surface area contributed by atoms with Crippen molar-refractivity contribution in [2.75, 3.05) is 23.7 Å². The fourth-order valence-corrected chi connectivity index (χ4v) is 3.15. The van der Waals surface area contributed by atoms with Gasteiger partial charge in [-0.3, -0.25) is 0 Å². The van der Waals surface area contributed by atoms with Crippen molar-refractivity contribution >= 4 is 22.4 Å². The first-order valence-corrected chi connectivity index (χ1v) is 6.88. The molecule has 2 atom stereocenters. The largest absolute Gasteiger partial charge is 0.399 e.